The normalized spacial score (nSPS) is 20.3. The number of halogens is 3. The summed E-state index contributed by atoms with van der Waals surface area (Å²) in [6, 6.07) is 19.0. The van der Waals surface area contributed by atoms with Crippen molar-refractivity contribution >= 4 is 35.1 Å². The number of nitrogens with zero attached hydrogens (tertiary/aromatic N) is 1. The predicted molar refractivity (Wildman–Crippen MR) is 146 cm³/mol. The Labute approximate surface area is 232 Å². The lowest BCUT2D eigenvalue weighted by Crippen LogP contribution is -2.57. The number of amides is 1. The summed E-state index contributed by atoms with van der Waals surface area (Å²) in [6.07, 6.45) is -0.223. The van der Waals surface area contributed by atoms with Crippen molar-refractivity contribution in [3.63, 3.8) is 0 Å². The van der Waals surface area contributed by atoms with Crippen LogP contribution in [0.25, 0.3) is 0 Å². The molecule has 1 saturated heterocycles. The third-order valence-corrected chi connectivity index (χ3v) is 7.13. The first-order chi connectivity index (χ1) is 18.3. The molecule has 5 nitrogen and oxygen atoms in total. The first-order valence-corrected chi connectivity index (χ1v) is 13.5. The smallest absolute Gasteiger partial charge is 0.328 e. The summed E-state index contributed by atoms with van der Waals surface area (Å²) in [4.78, 5) is 29.1. The zero-order chi connectivity index (χ0) is 27.2. The fourth-order valence-corrected chi connectivity index (χ4v) is 5.12. The highest BCUT2D eigenvalue weighted by Gasteiger charge is 2.48. The molecule has 8 heteroatoms. The van der Waals surface area contributed by atoms with Gasteiger partial charge in [-0.3, -0.25) is 4.79 Å². The van der Waals surface area contributed by atoms with Gasteiger partial charge in [-0.1, -0.05) is 72.9 Å². The average molecular weight is 558 g/mol. The molecule has 1 heterocycles. The van der Waals surface area contributed by atoms with Crippen LogP contribution < -0.4 is 0 Å². The van der Waals surface area contributed by atoms with Gasteiger partial charge in [0.1, 0.15) is 24.1 Å². The Bertz CT molecular complexity index is 1230. The topological polar surface area (TPSA) is 55.8 Å². The first-order valence-electron chi connectivity index (χ1n) is 12.7. The van der Waals surface area contributed by atoms with Crippen LogP contribution in [0.4, 0.5) is 4.39 Å². The van der Waals surface area contributed by atoms with E-state index in [-0.39, 0.29) is 24.8 Å². The monoisotopic (exact) mass is 557 g/mol. The lowest BCUT2D eigenvalue weighted by Gasteiger charge is -2.47. The number of carbonyl (C=O) groups is 2. The Hall–Kier alpha value is -2.93. The minimum atomic E-state index is -0.904. The highest BCUT2D eigenvalue weighted by Crippen LogP contribution is 2.44. The van der Waals surface area contributed by atoms with Gasteiger partial charge in [0.25, 0.3) is 5.91 Å². The van der Waals surface area contributed by atoms with Gasteiger partial charge in [0, 0.05) is 16.5 Å². The Morgan fingerprint density at radius 2 is 1.53 bits per heavy atom. The summed E-state index contributed by atoms with van der Waals surface area (Å²) < 4.78 is 25.5. The fourth-order valence-electron chi connectivity index (χ4n) is 4.87. The van der Waals surface area contributed by atoms with E-state index in [2.05, 4.69) is 0 Å². The Morgan fingerprint density at radius 3 is 2.08 bits per heavy atom. The lowest BCUT2D eigenvalue weighted by molar-refractivity contribution is -0.186. The SMILES string of the molecule is CCC[C@@H](C(=O)OCC)N1C(=O)[C@@H](Cc2ccc(F)cc2)O[C@H](c2ccc(Cl)cc2)[C@@H]1c1ccc(Cl)cc1. The van der Waals surface area contributed by atoms with Crippen molar-refractivity contribution in [1.82, 2.24) is 4.90 Å². The maximum atomic E-state index is 14.2. The van der Waals surface area contributed by atoms with Gasteiger partial charge in [-0.05, 0) is 66.4 Å². The second kappa shape index (κ2) is 12.7. The molecule has 1 aliphatic heterocycles. The minimum Gasteiger partial charge on any atom is -0.464 e. The Kier molecular flexibility index (Phi) is 9.42. The van der Waals surface area contributed by atoms with Gasteiger partial charge in [-0.15, -0.1) is 0 Å². The number of rotatable bonds is 9. The molecule has 4 rings (SSSR count). The van der Waals surface area contributed by atoms with Crippen LogP contribution in [0.3, 0.4) is 0 Å². The van der Waals surface area contributed by atoms with E-state index in [1.54, 1.807) is 48.2 Å². The molecule has 0 aromatic heterocycles. The van der Waals surface area contributed by atoms with E-state index >= 15 is 0 Å². The second-order valence-corrected chi connectivity index (χ2v) is 10.1. The van der Waals surface area contributed by atoms with E-state index in [1.807, 2.05) is 31.2 Å². The van der Waals surface area contributed by atoms with Crippen LogP contribution in [-0.2, 0) is 25.5 Å². The molecule has 1 fully saturated rings. The number of morpholine rings is 1. The molecule has 0 N–H and O–H groups in total. The number of hydrogen-bond donors (Lipinski definition) is 0. The summed E-state index contributed by atoms with van der Waals surface area (Å²) in [6.45, 7) is 3.90. The van der Waals surface area contributed by atoms with Gasteiger partial charge in [0.2, 0.25) is 0 Å². The fraction of sp³-hybridized carbons (Fsp3) is 0.333. The molecule has 38 heavy (non-hydrogen) atoms. The molecule has 0 spiro atoms. The highest BCUT2D eigenvalue weighted by atomic mass is 35.5. The largest absolute Gasteiger partial charge is 0.464 e. The molecule has 200 valence electrons. The maximum Gasteiger partial charge on any atom is 0.328 e. The van der Waals surface area contributed by atoms with Gasteiger partial charge < -0.3 is 14.4 Å². The number of carbonyl (C=O) groups excluding carboxylic acids is 2. The predicted octanol–water partition coefficient (Wildman–Crippen LogP) is 7.12. The van der Waals surface area contributed by atoms with Gasteiger partial charge in [-0.25, -0.2) is 9.18 Å². The Balaban J connectivity index is 1.85. The van der Waals surface area contributed by atoms with E-state index in [9.17, 15) is 14.0 Å². The summed E-state index contributed by atoms with van der Waals surface area (Å²) in [7, 11) is 0. The average Bonchev–Trinajstić information content (AvgIpc) is 2.91. The van der Waals surface area contributed by atoms with Crippen molar-refractivity contribution in [3.05, 3.63) is 105 Å². The number of benzene rings is 3. The zero-order valence-corrected chi connectivity index (χ0v) is 22.8. The molecule has 0 aliphatic carbocycles. The molecule has 4 atom stereocenters. The summed E-state index contributed by atoms with van der Waals surface area (Å²) in [5.41, 5.74) is 2.32. The van der Waals surface area contributed by atoms with Crippen molar-refractivity contribution < 1.29 is 23.5 Å². The van der Waals surface area contributed by atoms with Gasteiger partial charge >= 0.3 is 5.97 Å². The van der Waals surface area contributed by atoms with Crippen molar-refractivity contribution in [3.8, 4) is 0 Å². The molecular formula is C30H30Cl2FNO4. The van der Waals surface area contributed by atoms with Crippen LogP contribution in [0.15, 0.2) is 72.8 Å². The Morgan fingerprint density at radius 1 is 0.947 bits per heavy atom. The third kappa shape index (κ3) is 6.37. The van der Waals surface area contributed by atoms with E-state index in [1.165, 1.54) is 12.1 Å². The zero-order valence-electron chi connectivity index (χ0n) is 21.3. The van der Waals surface area contributed by atoms with Crippen LogP contribution in [0.5, 0.6) is 0 Å². The van der Waals surface area contributed by atoms with Crippen molar-refractivity contribution in [2.24, 2.45) is 0 Å². The maximum absolute atomic E-state index is 14.2. The summed E-state index contributed by atoms with van der Waals surface area (Å²) in [5, 5.41) is 1.12. The molecule has 1 amide bonds. The van der Waals surface area contributed by atoms with Gasteiger partial charge in [0.05, 0.1) is 12.6 Å². The molecule has 1 aliphatic rings. The minimum absolute atomic E-state index is 0.197. The van der Waals surface area contributed by atoms with E-state index in [0.717, 1.165) is 16.7 Å². The van der Waals surface area contributed by atoms with Crippen LogP contribution in [-0.4, -0.2) is 35.5 Å². The molecule has 0 radical (unpaired) electrons. The van der Waals surface area contributed by atoms with Crippen LogP contribution in [0, 0.1) is 5.82 Å². The number of hydrogen-bond acceptors (Lipinski definition) is 4. The number of ether oxygens (including phenoxy) is 2. The molecule has 0 saturated carbocycles. The third-order valence-electron chi connectivity index (χ3n) is 6.63. The standard InChI is InChI=1S/C30H30Cl2FNO4/c1-3-5-25(30(36)37-4-2)34-27(20-8-12-22(31)13-9-20)28(21-10-14-23(32)15-11-21)38-26(29(34)35)18-19-6-16-24(33)17-7-19/h6-17,25-28H,3-5,18H2,1-2H3/t25-,26+,27-,28+/m0/s1. The van der Waals surface area contributed by atoms with E-state index in [4.69, 9.17) is 32.7 Å². The van der Waals surface area contributed by atoms with E-state index < -0.39 is 30.3 Å². The van der Waals surface area contributed by atoms with Crippen molar-refractivity contribution in [1.29, 1.82) is 0 Å². The molecule has 0 bridgehead atoms. The number of esters is 1. The first kappa shape index (κ1) is 28.1. The molecule has 3 aromatic rings. The highest BCUT2D eigenvalue weighted by molar-refractivity contribution is 6.30. The van der Waals surface area contributed by atoms with Crippen molar-refractivity contribution in [2.75, 3.05) is 6.61 Å². The lowest BCUT2D eigenvalue weighted by atomic mass is 9.88. The quantitative estimate of drug-likeness (QED) is 0.263. The molecular weight excluding hydrogens is 528 g/mol. The van der Waals surface area contributed by atoms with Crippen LogP contribution in [0.2, 0.25) is 10.0 Å². The van der Waals surface area contributed by atoms with E-state index in [0.29, 0.717) is 22.9 Å². The van der Waals surface area contributed by atoms with Crippen molar-refractivity contribution in [2.45, 2.75) is 57.4 Å². The summed E-state index contributed by atoms with van der Waals surface area (Å²) in [5.74, 6) is -1.15. The molecule has 3 aromatic carbocycles. The van der Waals surface area contributed by atoms with Gasteiger partial charge in [-0.2, -0.15) is 0 Å². The van der Waals surface area contributed by atoms with Crippen LogP contribution >= 0.6 is 23.2 Å². The van der Waals surface area contributed by atoms with Gasteiger partial charge in [0.15, 0.2) is 0 Å². The molecule has 0 unspecified atom stereocenters. The summed E-state index contributed by atoms with van der Waals surface area (Å²) >= 11 is 12.4. The van der Waals surface area contributed by atoms with Crippen LogP contribution in [0.1, 0.15) is 55.5 Å². The second-order valence-electron chi connectivity index (χ2n) is 9.23.